The molecule has 0 unspecified atom stereocenters. The highest BCUT2D eigenvalue weighted by Crippen LogP contribution is 2.31. The minimum Gasteiger partial charge on any atom is -0.506 e. The third kappa shape index (κ3) is 3.29. The van der Waals surface area contributed by atoms with Crippen LogP contribution in [-0.4, -0.2) is 41.2 Å². The molecule has 0 radical (unpaired) electrons. The SMILES string of the molecule is O=C(CCCN1C(=O)c2ccccc2S1(=O)=O)Nc1ccc(O)c2ncccc12. The number of phenolic OH excluding ortho intramolecular Hbond substituents is 1. The van der Waals surface area contributed by atoms with Gasteiger partial charge < -0.3 is 10.4 Å². The standard InChI is InChI=1S/C20H17N3O5S/c24-16-10-9-15(13-6-3-11-21-19(13)16)22-18(25)8-4-12-23-20(26)14-5-1-2-7-17(14)29(23,27)28/h1-3,5-7,9-11,24H,4,8,12H2,(H,22,25). The van der Waals surface area contributed by atoms with E-state index in [1.165, 1.54) is 18.2 Å². The normalized spacial score (nSPS) is 14.8. The first-order valence-electron chi connectivity index (χ1n) is 8.92. The number of hydrogen-bond donors (Lipinski definition) is 2. The third-order valence-corrected chi connectivity index (χ3v) is 6.54. The van der Waals surface area contributed by atoms with Crippen LogP contribution >= 0.6 is 0 Å². The van der Waals surface area contributed by atoms with Gasteiger partial charge in [0.2, 0.25) is 5.91 Å². The molecule has 3 aromatic rings. The number of nitrogens with zero attached hydrogens (tertiary/aromatic N) is 2. The van der Waals surface area contributed by atoms with E-state index >= 15 is 0 Å². The number of nitrogens with one attached hydrogen (secondary N) is 1. The van der Waals surface area contributed by atoms with E-state index in [-0.39, 0.29) is 41.5 Å². The van der Waals surface area contributed by atoms with Gasteiger partial charge in [-0.1, -0.05) is 12.1 Å². The van der Waals surface area contributed by atoms with Gasteiger partial charge >= 0.3 is 0 Å². The highest BCUT2D eigenvalue weighted by Gasteiger charge is 2.40. The van der Waals surface area contributed by atoms with Gasteiger partial charge in [0.25, 0.3) is 15.9 Å². The number of aromatic nitrogens is 1. The van der Waals surface area contributed by atoms with E-state index in [2.05, 4.69) is 10.3 Å². The summed E-state index contributed by atoms with van der Waals surface area (Å²) in [5.41, 5.74) is 1.02. The molecule has 1 aromatic heterocycles. The topological polar surface area (TPSA) is 117 Å². The zero-order valence-electron chi connectivity index (χ0n) is 15.2. The maximum Gasteiger partial charge on any atom is 0.269 e. The van der Waals surface area contributed by atoms with Crippen LogP contribution in [0.5, 0.6) is 5.75 Å². The molecule has 0 atom stereocenters. The van der Waals surface area contributed by atoms with E-state index in [4.69, 9.17) is 0 Å². The average molecular weight is 411 g/mol. The Morgan fingerprint density at radius 1 is 1.10 bits per heavy atom. The second kappa shape index (κ2) is 7.17. The van der Waals surface area contributed by atoms with Gasteiger partial charge in [0.15, 0.2) is 0 Å². The van der Waals surface area contributed by atoms with Crippen LogP contribution in [0, 0.1) is 0 Å². The molecule has 2 N–H and O–H groups in total. The van der Waals surface area contributed by atoms with Crippen molar-refractivity contribution in [3.05, 3.63) is 60.3 Å². The van der Waals surface area contributed by atoms with E-state index in [0.29, 0.717) is 16.6 Å². The number of sulfonamides is 1. The highest BCUT2D eigenvalue weighted by atomic mass is 32.2. The van der Waals surface area contributed by atoms with Crippen molar-refractivity contribution in [3.63, 3.8) is 0 Å². The van der Waals surface area contributed by atoms with Crippen molar-refractivity contribution in [1.82, 2.24) is 9.29 Å². The van der Waals surface area contributed by atoms with Crippen molar-refractivity contribution >= 4 is 38.4 Å². The molecule has 29 heavy (non-hydrogen) atoms. The van der Waals surface area contributed by atoms with Crippen molar-refractivity contribution in [2.45, 2.75) is 17.7 Å². The lowest BCUT2D eigenvalue weighted by molar-refractivity contribution is -0.116. The number of fused-ring (bicyclic) bond motifs is 2. The Morgan fingerprint density at radius 3 is 2.69 bits per heavy atom. The van der Waals surface area contributed by atoms with Crippen LogP contribution in [0.2, 0.25) is 0 Å². The van der Waals surface area contributed by atoms with Gasteiger partial charge in [-0.05, 0) is 42.8 Å². The van der Waals surface area contributed by atoms with Crippen LogP contribution in [0.3, 0.4) is 0 Å². The fraction of sp³-hybridized carbons (Fsp3) is 0.150. The number of anilines is 1. The number of pyridine rings is 1. The molecule has 1 aliphatic heterocycles. The lowest BCUT2D eigenvalue weighted by Gasteiger charge is -2.15. The van der Waals surface area contributed by atoms with Crippen molar-refractivity contribution < 1.29 is 23.1 Å². The van der Waals surface area contributed by atoms with E-state index in [1.807, 2.05) is 0 Å². The molecule has 9 heteroatoms. The summed E-state index contributed by atoms with van der Waals surface area (Å²) in [7, 11) is -3.87. The summed E-state index contributed by atoms with van der Waals surface area (Å²) >= 11 is 0. The molecule has 2 aromatic carbocycles. The number of rotatable bonds is 5. The zero-order chi connectivity index (χ0) is 20.6. The van der Waals surface area contributed by atoms with Crippen LogP contribution in [0.25, 0.3) is 10.9 Å². The maximum atomic E-state index is 12.5. The number of phenols is 1. The van der Waals surface area contributed by atoms with Crippen molar-refractivity contribution in [2.75, 3.05) is 11.9 Å². The number of benzene rings is 2. The zero-order valence-corrected chi connectivity index (χ0v) is 16.0. The highest BCUT2D eigenvalue weighted by molar-refractivity contribution is 7.90. The smallest absolute Gasteiger partial charge is 0.269 e. The van der Waals surface area contributed by atoms with Crippen LogP contribution in [0.15, 0.2) is 59.6 Å². The Balaban J connectivity index is 1.42. The molecule has 2 amide bonds. The molecule has 1 aliphatic rings. The summed E-state index contributed by atoms with van der Waals surface area (Å²) in [6, 6.07) is 12.5. The van der Waals surface area contributed by atoms with Crippen LogP contribution < -0.4 is 5.32 Å². The Morgan fingerprint density at radius 2 is 1.90 bits per heavy atom. The lowest BCUT2D eigenvalue weighted by Crippen LogP contribution is -2.31. The summed E-state index contributed by atoms with van der Waals surface area (Å²) in [5, 5.41) is 13.2. The molecular formula is C20H17N3O5S. The molecule has 2 heterocycles. The van der Waals surface area contributed by atoms with E-state index in [0.717, 1.165) is 4.31 Å². The molecule has 0 saturated heterocycles. The van der Waals surface area contributed by atoms with Gasteiger partial charge in [0.05, 0.1) is 11.3 Å². The third-order valence-electron chi connectivity index (χ3n) is 4.70. The number of hydrogen-bond acceptors (Lipinski definition) is 6. The Bertz CT molecular complexity index is 1240. The summed E-state index contributed by atoms with van der Waals surface area (Å²) in [4.78, 5) is 28.8. The number of amides is 2. The summed E-state index contributed by atoms with van der Waals surface area (Å²) in [6.07, 6.45) is 1.75. The van der Waals surface area contributed by atoms with Gasteiger partial charge in [0.1, 0.15) is 16.2 Å². The quantitative estimate of drug-likeness (QED) is 0.623. The minimum absolute atomic E-state index is 0.00230. The summed E-state index contributed by atoms with van der Waals surface area (Å²) in [5.74, 6) is -0.894. The Kier molecular flexibility index (Phi) is 4.67. The summed E-state index contributed by atoms with van der Waals surface area (Å²) in [6.45, 7) is -0.0822. The first-order valence-corrected chi connectivity index (χ1v) is 10.4. The van der Waals surface area contributed by atoms with Gasteiger partial charge in [-0.15, -0.1) is 0 Å². The number of carbonyl (C=O) groups is 2. The Labute approximate surface area is 166 Å². The fourth-order valence-corrected chi connectivity index (χ4v) is 4.92. The number of carbonyl (C=O) groups excluding carboxylic acids is 2. The maximum absolute atomic E-state index is 12.5. The van der Waals surface area contributed by atoms with Crippen LogP contribution in [0.1, 0.15) is 23.2 Å². The first kappa shape index (κ1) is 18.9. The van der Waals surface area contributed by atoms with Crippen LogP contribution in [0.4, 0.5) is 5.69 Å². The molecule has 0 bridgehead atoms. The van der Waals surface area contributed by atoms with Gasteiger partial charge in [0, 0.05) is 24.5 Å². The van der Waals surface area contributed by atoms with Gasteiger partial charge in [-0.3, -0.25) is 14.6 Å². The minimum atomic E-state index is -3.87. The first-order chi connectivity index (χ1) is 13.9. The Hall–Kier alpha value is -3.46. The van der Waals surface area contributed by atoms with Crippen molar-refractivity contribution in [3.8, 4) is 5.75 Å². The predicted molar refractivity (Wildman–Crippen MR) is 106 cm³/mol. The van der Waals surface area contributed by atoms with Gasteiger partial charge in [-0.2, -0.15) is 0 Å². The van der Waals surface area contributed by atoms with Gasteiger partial charge in [-0.25, -0.2) is 12.7 Å². The van der Waals surface area contributed by atoms with Crippen LogP contribution in [-0.2, 0) is 14.8 Å². The fourth-order valence-electron chi connectivity index (χ4n) is 3.31. The second-order valence-electron chi connectivity index (χ2n) is 6.56. The molecule has 0 spiro atoms. The lowest BCUT2D eigenvalue weighted by atomic mass is 10.1. The molecular weight excluding hydrogens is 394 g/mol. The van der Waals surface area contributed by atoms with Crippen molar-refractivity contribution in [1.29, 1.82) is 0 Å². The number of aromatic hydroxyl groups is 1. The van der Waals surface area contributed by atoms with E-state index in [9.17, 15) is 23.1 Å². The second-order valence-corrected chi connectivity index (χ2v) is 8.39. The monoisotopic (exact) mass is 411 g/mol. The molecule has 4 rings (SSSR count). The van der Waals surface area contributed by atoms with E-state index < -0.39 is 15.9 Å². The molecule has 0 aliphatic carbocycles. The predicted octanol–water partition coefficient (Wildman–Crippen LogP) is 2.50. The van der Waals surface area contributed by atoms with Crippen molar-refractivity contribution in [2.24, 2.45) is 0 Å². The summed E-state index contributed by atoms with van der Waals surface area (Å²) < 4.78 is 25.8. The van der Waals surface area contributed by atoms with E-state index in [1.54, 1.807) is 36.5 Å². The molecule has 148 valence electrons. The molecule has 8 nitrogen and oxygen atoms in total. The average Bonchev–Trinajstić information content (AvgIpc) is 2.91. The molecule has 0 fully saturated rings. The molecule has 0 saturated carbocycles. The largest absolute Gasteiger partial charge is 0.506 e.